The second kappa shape index (κ2) is 7.44. The molecule has 0 bridgehead atoms. The normalized spacial score (nSPS) is 15.8. The third kappa shape index (κ3) is 4.11. The molecule has 0 unspecified atom stereocenters. The Bertz CT molecular complexity index is 728. The standard InChI is InChI=1S/C17H19N3O3S/c1-12-11-15(23-19-12)17(22)18-13-6-8-20(9-7-13)16(21)5-4-14-3-2-10-24-14/h2-5,10-11,13H,6-9H2,1H3,(H,18,22)/b5-4+. The lowest BCUT2D eigenvalue weighted by molar-refractivity contribution is -0.126. The third-order valence-corrected chi connectivity index (χ3v) is 4.76. The number of nitrogens with zero attached hydrogens (tertiary/aromatic N) is 2. The number of rotatable bonds is 4. The van der Waals surface area contributed by atoms with Crippen molar-refractivity contribution in [1.29, 1.82) is 0 Å². The smallest absolute Gasteiger partial charge is 0.290 e. The molecule has 126 valence electrons. The van der Waals surface area contributed by atoms with E-state index in [1.54, 1.807) is 30.4 Å². The maximum absolute atomic E-state index is 12.2. The van der Waals surface area contributed by atoms with Gasteiger partial charge in [-0.25, -0.2) is 0 Å². The molecule has 0 aliphatic carbocycles. The van der Waals surface area contributed by atoms with E-state index in [1.165, 1.54) is 0 Å². The summed E-state index contributed by atoms with van der Waals surface area (Å²) in [5.74, 6) is -0.0121. The quantitative estimate of drug-likeness (QED) is 0.864. The highest BCUT2D eigenvalue weighted by atomic mass is 32.1. The molecule has 1 N–H and O–H groups in total. The molecule has 0 spiro atoms. The molecule has 0 radical (unpaired) electrons. The van der Waals surface area contributed by atoms with Crippen LogP contribution in [0.4, 0.5) is 0 Å². The van der Waals surface area contributed by atoms with Crippen LogP contribution < -0.4 is 5.32 Å². The van der Waals surface area contributed by atoms with Crippen molar-refractivity contribution in [1.82, 2.24) is 15.4 Å². The van der Waals surface area contributed by atoms with Crippen molar-refractivity contribution >= 4 is 29.2 Å². The lowest BCUT2D eigenvalue weighted by Gasteiger charge is -2.31. The van der Waals surface area contributed by atoms with E-state index in [2.05, 4.69) is 10.5 Å². The minimum Gasteiger partial charge on any atom is -0.351 e. The Kier molecular flexibility index (Phi) is 5.10. The van der Waals surface area contributed by atoms with Crippen LogP contribution in [-0.2, 0) is 4.79 Å². The monoisotopic (exact) mass is 345 g/mol. The SMILES string of the molecule is Cc1cc(C(=O)NC2CCN(C(=O)/C=C/c3cccs3)CC2)on1. The van der Waals surface area contributed by atoms with E-state index < -0.39 is 0 Å². The molecule has 2 amide bonds. The zero-order valence-electron chi connectivity index (χ0n) is 13.4. The highest BCUT2D eigenvalue weighted by molar-refractivity contribution is 7.10. The molecule has 3 heterocycles. The van der Waals surface area contributed by atoms with Crippen molar-refractivity contribution in [3.05, 3.63) is 46.0 Å². The van der Waals surface area contributed by atoms with Gasteiger partial charge in [0.1, 0.15) is 0 Å². The average Bonchev–Trinajstić information content (AvgIpc) is 3.25. The molecule has 1 fully saturated rings. The van der Waals surface area contributed by atoms with E-state index in [0.29, 0.717) is 18.8 Å². The Hall–Kier alpha value is -2.41. The Morgan fingerprint density at radius 1 is 1.42 bits per heavy atom. The van der Waals surface area contributed by atoms with Gasteiger partial charge in [-0.2, -0.15) is 0 Å². The van der Waals surface area contributed by atoms with Crippen LogP contribution in [0.25, 0.3) is 6.08 Å². The molecule has 24 heavy (non-hydrogen) atoms. The van der Waals surface area contributed by atoms with Gasteiger partial charge in [0, 0.05) is 36.2 Å². The summed E-state index contributed by atoms with van der Waals surface area (Å²) >= 11 is 1.60. The maximum atomic E-state index is 12.2. The summed E-state index contributed by atoms with van der Waals surface area (Å²) in [5, 5.41) is 8.63. The zero-order chi connectivity index (χ0) is 16.9. The number of aryl methyl sites for hydroxylation is 1. The molecule has 1 saturated heterocycles. The van der Waals surface area contributed by atoms with E-state index in [9.17, 15) is 9.59 Å². The Morgan fingerprint density at radius 2 is 2.21 bits per heavy atom. The van der Waals surface area contributed by atoms with E-state index in [0.717, 1.165) is 17.7 Å². The van der Waals surface area contributed by atoms with Gasteiger partial charge in [0.2, 0.25) is 11.7 Å². The van der Waals surface area contributed by atoms with Gasteiger partial charge in [-0.15, -0.1) is 11.3 Å². The third-order valence-electron chi connectivity index (χ3n) is 3.93. The van der Waals surface area contributed by atoms with Gasteiger partial charge < -0.3 is 14.7 Å². The first kappa shape index (κ1) is 16.4. The van der Waals surface area contributed by atoms with Crippen molar-refractivity contribution in [2.75, 3.05) is 13.1 Å². The molecule has 0 aromatic carbocycles. The van der Waals surface area contributed by atoms with Crippen LogP contribution in [0.15, 0.2) is 34.2 Å². The topological polar surface area (TPSA) is 75.4 Å². The minimum absolute atomic E-state index is 0.0130. The van der Waals surface area contributed by atoms with Crippen molar-refractivity contribution in [2.45, 2.75) is 25.8 Å². The second-order valence-electron chi connectivity index (χ2n) is 5.75. The van der Waals surface area contributed by atoms with Crippen LogP contribution >= 0.6 is 11.3 Å². The predicted molar refractivity (Wildman–Crippen MR) is 91.7 cm³/mol. The van der Waals surface area contributed by atoms with Crippen LogP contribution in [0.5, 0.6) is 0 Å². The maximum Gasteiger partial charge on any atom is 0.290 e. The van der Waals surface area contributed by atoms with Gasteiger partial charge >= 0.3 is 0 Å². The average molecular weight is 345 g/mol. The number of hydrogen-bond donors (Lipinski definition) is 1. The molecule has 2 aromatic rings. The molecule has 0 saturated carbocycles. The van der Waals surface area contributed by atoms with E-state index in [4.69, 9.17) is 4.52 Å². The first-order chi connectivity index (χ1) is 11.6. The van der Waals surface area contributed by atoms with Crippen LogP contribution in [-0.4, -0.2) is 41.0 Å². The second-order valence-corrected chi connectivity index (χ2v) is 6.73. The van der Waals surface area contributed by atoms with Crippen molar-refractivity contribution in [3.8, 4) is 0 Å². The summed E-state index contributed by atoms with van der Waals surface area (Å²) in [6.45, 7) is 3.04. The lowest BCUT2D eigenvalue weighted by atomic mass is 10.0. The van der Waals surface area contributed by atoms with Gasteiger partial charge in [-0.3, -0.25) is 9.59 Å². The summed E-state index contributed by atoms with van der Waals surface area (Å²) in [6, 6.07) is 5.59. The van der Waals surface area contributed by atoms with Gasteiger partial charge in [0.15, 0.2) is 0 Å². The predicted octanol–water partition coefficient (Wildman–Crippen LogP) is 2.48. The molecule has 3 rings (SSSR count). The summed E-state index contributed by atoms with van der Waals surface area (Å²) in [6.07, 6.45) is 4.92. The number of hydrogen-bond acceptors (Lipinski definition) is 5. The van der Waals surface area contributed by atoms with Crippen molar-refractivity contribution in [2.24, 2.45) is 0 Å². The van der Waals surface area contributed by atoms with Gasteiger partial charge in [0.25, 0.3) is 5.91 Å². The Balaban J connectivity index is 1.47. The van der Waals surface area contributed by atoms with E-state index >= 15 is 0 Å². The lowest BCUT2D eigenvalue weighted by Crippen LogP contribution is -2.46. The van der Waals surface area contributed by atoms with Crippen molar-refractivity contribution < 1.29 is 14.1 Å². The highest BCUT2D eigenvalue weighted by Crippen LogP contribution is 2.14. The molecule has 7 heteroatoms. The summed E-state index contributed by atoms with van der Waals surface area (Å²) < 4.78 is 4.96. The van der Waals surface area contributed by atoms with Crippen LogP contribution in [0.3, 0.4) is 0 Å². The summed E-state index contributed by atoms with van der Waals surface area (Å²) in [5.41, 5.74) is 0.679. The molecular formula is C17H19N3O3S. The molecule has 1 aliphatic rings. The molecule has 2 aromatic heterocycles. The van der Waals surface area contributed by atoms with Gasteiger partial charge in [0.05, 0.1) is 5.69 Å². The number of aromatic nitrogens is 1. The number of thiophene rings is 1. The molecule has 0 atom stereocenters. The number of amides is 2. The fraction of sp³-hybridized carbons (Fsp3) is 0.353. The Morgan fingerprint density at radius 3 is 2.83 bits per heavy atom. The zero-order valence-corrected chi connectivity index (χ0v) is 14.2. The number of carbonyl (C=O) groups excluding carboxylic acids is 2. The first-order valence-corrected chi connectivity index (χ1v) is 8.74. The van der Waals surface area contributed by atoms with E-state index in [-0.39, 0.29) is 23.6 Å². The number of nitrogens with one attached hydrogen (secondary N) is 1. The molecule has 6 nitrogen and oxygen atoms in total. The number of likely N-dealkylation sites (tertiary alicyclic amines) is 1. The fourth-order valence-corrected chi connectivity index (χ4v) is 3.23. The van der Waals surface area contributed by atoms with Gasteiger partial charge in [-0.05, 0) is 37.3 Å². The number of piperidine rings is 1. The van der Waals surface area contributed by atoms with Crippen LogP contribution in [0.1, 0.15) is 34.0 Å². The van der Waals surface area contributed by atoms with Crippen LogP contribution in [0, 0.1) is 6.92 Å². The van der Waals surface area contributed by atoms with E-state index in [1.807, 2.05) is 28.5 Å². The van der Waals surface area contributed by atoms with Crippen molar-refractivity contribution in [3.63, 3.8) is 0 Å². The summed E-state index contributed by atoms with van der Waals surface area (Å²) in [4.78, 5) is 27.1. The number of carbonyl (C=O) groups is 2. The molecular weight excluding hydrogens is 326 g/mol. The summed E-state index contributed by atoms with van der Waals surface area (Å²) in [7, 11) is 0. The van der Waals surface area contributed by atoms with Crippen LogP contribution in [0.2, 0.25) is 0 Å². The van der Waals surface area contributed by atoms with Gasteiger partial charge in [-0.1, -0.05) is 11.2 Å². The highest BCUT2D eigenvalue weighted by Gasteiger charge is 2.24. The molecule has 1 aliphatic heterocycles. The minimum atomic E-state index is -0.252. The Labute approximate surface area is 144 Å². The fourth-order valence-electron chi connectivity index (χ4n) is 2.62. The first-order valence-electron chi connectivity index (χ1n) is 7.86. The largest absolute Gasteiger partial charge is 0.351 e.